The summed E-state index contributed by atoms with van der Waals surface area (Å²) < 4.78 is 29.5. The lowest BCUT2D eigenvalue weighted by Crippen LogP contribution is -2.63. The molecule has 6 unspecified atom stereocenters. The van der Waals surface area contributed by atoms with Crippen LogP contribution >= 0.6 is 11.6 Å². The monoisotopic (exact) mass is 594 g/mol. The number of halogens is 1. The molecule has 1 aliphatic heterocycles. The van der Waals surface area contributed by atoms with Crippen LogP contribution in [0.3, 0.4) is 0 Å². The summed E-state index contributed by atoms with van der Waals surface area (Å²) in [7, 11) is 0. The van der Waals surface area contributed by atoms with Gasteiger partial charge in [0.15, 0.2) is 0 Å². The first-order valence-electron chi connectivity index (χ1n) is 13.5. The van der Waals surface area contributed by atoms with E-state index < -0.39 is 59.1 Å². The lowest BCUT2D eigenvalue weighted by Gasteiger charge is -2.58. The van der Waals surface area contributed by atoms with Crippen LogP contribution < -0.4 is 0 Å². The molecule has 0 aromatic heterocycles. The van der Waals surface area contributed by atoms with Crippen LogP contribution in [-0.2, 0) is 54.1 Å². The van der Waals surface area contributed by atoms with Gasteiger partial charge in [0, 0.05) is 16.2 Å². The Labute approximate surface area is 248 Å². The molecule has 0 radical (unpaired) electrons. The highest BCUT2D eigenvalue weighted by molar-refractivity contribution is 6.30. The topological polar surface area (TPSA) is 114 Å². The van der Waals surface area contributed by atoms with Crippen LogP contribution in [0.15, 0.2) is 66.8 Å². The van der Waals surface area contributed by atoms with Crippen LogP contribution in [0.4, 0.5) is 0 Å². The average molecular weight is 595 g/mol. The van der Waals surface area contributed by atoms with Crippen LogP contribution in [0.5, 0.6) is 0 Å². The second kappa shape index (κ2) is 10.8. The van der Waals surface area contributed by atoms with Crippen molar-refractivity contribution in [2.45, 2.75) is 51.1 Å². The summed E-state index contributed by atoms with van der Waals surface area (Å²) in [5.41, 5.74) is -0.288. The number of ether oxygens (including phenoxy) is 5. The van der Waals surface area contributed by atoms with Crippen LogP contribution in [0.2, 0.25) is 5.02 Å². The summed E-state index contributed by atoms with van der Waals surface area (Å²) in [6, 6.07) is 12.3. The van der Waals surface area contributed by atoms with Gasteiger partial charge in [-0.25, -0.2) is 9.59 Å². The molecule has 0 N–H and O–H groups in total. The predicted molar refractivity (Wildman–Crippen MR) is 150 cm³/mol. The van der Waals surface area contributed by atoms with Crippen LogP contribution in [-0.4, -0.2) is 49.3 Å². The number of rotatable bonds is 10. The van der Waals surface area contributed by atoms with Crippen molar-refractivity contribution in [3.05, 3.63) is 94.0 Å². The van der Waals surface area contributed by atoms with E-state index in [9.17, 15) is 19.2 Å². The molecule has 6 atom stereocenters. The molecular weight excluding hydrogens is 564 g/mol. The van der Waals surface area contributed by atoms with Crippen molar-refractivity contribution < 1.29 is 42.9 Å². The van der Waals surface area contributed by atoms with Crippen LogP contribution in [0, 0.1) is 11.8 Å². The third-order valence-electron chi connectivity index (χ3n) is 7.83. The highest BCUT2D eigenvalue weighted by Gasteiger charge is 2.75. The van der Waals surface area contributed by atoms with E-state index in [4.69, 9.17) is 35.3 Å². The SMILES string of the molecule is C=C(C)C(=O)OC(C)COC12c3ccccc3C(OCC(C)OC(=O)C(=C)C)(c3cc(Cl)ccc31)C1C(=O)OC(=O)C12. The summed E-state index contributed by atoms with van der Waals surface area (Å²) in [5.74, 6) is -4.98. The third kappa shape index (κ3) is 4.47. The van der Waals surface area contributed by atoms with Gasteiger partial charge < -0.3 is 23.7 Å². The van der Waals surface area contributed by atoms with Crippen LogP contribution in [0.1, 0.15) is 49.9 Å². The van der Waals surface area contributed by atoms with E-state index in [1.165, 1.54) is 13.8 Å². The average Bonchev–Trinajstić information content (AvgIpc) is 3.25. The summed E-state index contributed by atoms with van der Waals surface area (Å²) >= 11 is 6.51. The number of cyclic esters (lactones) is 2. The molecule has 1 fully saturated rings. The van der Waals surface area contributed by atoms with Gasteiger partial charge in [-0.05, 0) is 62.1 Å². The van der Waals surface area contributed by atoms with Crippen molar-refractivity contribution in [2.24, 2.45) is 11.8 Å². The minimum absolute atomic E-state index is 0.109. The van der Waals surface area contributed by atoms with E-state index in [1.807, 2.05) is 6.07 Å². The minimum Gasteiger partial charge on any atom is -0.457 e. The quantitative estimate of drug-likeness (QED) is 0.169. The minimum atomic E-state index is -1.52. The van der Waals surface area contributed by atoms with Crippen molar-refractivity contribution in [3.8, 4) is 0 Å². The van der Waals surface area contributed by atoms with E-state index in [-0.39, 0.29) is 24.4 Å². The third-order valence-corrected chi connectivity index (χ3v) is 8.07. The highest BCUT2D eigenvalue weighted by Crippen LogP contribution is 2.67. The molecule has 220 valence electrons. The van der Waals surface area contributed by atoms with E-state index in [0.29, 0.717) is 27.3 Å². The maximum atomic E-state index is 13.5. The fraction of sp³-hybridized carbons (Fsp3) is 0.375. The van der Waals surface area contributed by atoms with Gasteiger partial charge in [0.25, 0.3) is 0 Å². The Morgan fingerprint density at radius 2 is 1.24 bits per heavy atom. The van der Waals surface area contributed by atoms with Crippen molar-refractivity contribution in [2.75, 3.05) is 13.2 Å². The van der Waals surface area contributed by atoms with Gasteiger partial charge >= 0.3 is 23.9 Å². The first kappa shape index (κ1) is 29.7. The van der Waals surface area contributed by atoms with Crippen LogP contribution in [0.25, 0.3) is 0 Å². The summed E-state index contributed by atoms with van der Waals surface area (Å²) in [5, 5.41) is 0.372. The Balaban J connectivity index is 1.67. The molecule has 2 aromatic carbocycles. The molecule has 2 bridgehead atoms. The Morgan fingerprint density at radius 3 is 1.69 bits per heavy atom. The first-order chi connectivity index (χ1) is 19.8. The van der Waals surface area contributed by atoms with Crippen molar-refractivity contribution in [1.29, 1.82) is 0 Å². The smallest absolute Gasteiger partial charge is 0.333 e. The molecule has 0 spiro atoms. The number of carbonyl (C=O) groups excluding carboxylic acids is 4. The maximum Gasteiger partial charge on any atom is 0.333 e. The lowest BCUT2D eigenvalue weighted by molar-refractivity contribution is -0.191. The predicted octanol–water partition coefficient (Wildman–Crippen LogP) is 4.52. The zero-order valence-corrected chi connectivity index (χ0v) is 24.5. The number of hydrogen-bond donors (Lipinski definition) is 0. The molecule has 10 heteroatoms. The zero-order chi connectivity index (χ0) is 30.6. The molecule has 42 heavy (non-hydrogen) atoms. The Kier molecular flexibility index (Phi) is 7.64. The Morgan fingerprint density at radius 1 is 0.810 bits per heavy atom. The van der Waals surface area contributed by atoms with Crippen molar-refractivity contribution in [3.63, 3.8) is 0 Å². The van der Waals surface area contributed by atoms with Crippen molar-refractivity contribution >= 4 is 35.5 Å². The maximum absolute atomic E-state index is 13.5. The number of esters is 4. The van der Waals surface area contributed by atoms with Gasteiger partial charge in [-0.1, -0.05) is 55.1 Å². The molecule has 9 nitrogen and oxygen atoms in total. The summed E-state index contributed by atoms with van der Waals surface area (Å²) in [4.78, 5) is 51.4. The van der Waals surface area contributed by atoms with Gasteiger partial charge in [0.1, 0.15) is 35.2 Å². The van der Waals surface area contributed by atoms with Gasteiger partial charge in [-0.2, -0.15) is 0 Å². The van der Waals surface area contributed by atoms with Gasteiger partial charge in [-0.15, -0.1) is 0 Å². The van der Waals surface area contributed by atoms with E-state index in [0.717, 1.165) is 0 Å². The fourth-order valence-corrected chi connectivity index (χ4v) is 6.33. The molecule has 3 aliphatic carbocycles. The number of hydrogen-bond acceptors (Lipinski definition) is 9. The molecule has 0 saturated carbocycles. The first-order valence-corrected chi connectivity index (χ1v) is 13.9. The largest absolute Gasteiger partial charge is 0.457 e. The van der Waals surface area contributed by atoms with E-state index in [2.05, 4.69) is 13.2 Å². The second-order valence-corrected chi connectivity index (χ2v) is 11.5. The Hall–Kier alpha value is -3.79. The summed E-state index contributed by atoms with van der Waals surface area (Å²) in [6.45, 7) is 13.4. The van der Waals surface area contributed by atoms with Crippen molar-refractivity contribution in [1.82, 2.24) is 0 Å². The molecule has 6 rings (SSSR count). The van der Waals surface area contributed by atoms with Gasteiger partial charge in [0.05, 0.1) is 13.2 Å². The summed E-state index contributed by atoms with van der Waals surface area (Å²) in [6.07, 6.45) is -1.44. The molecule has 4 aliphatic rings. The molecule has 1 heterocycles. The molecule has 1 saturated heterocycles. The van der Waals surface area contributed by atoms with E-state index >= 15 is 0 Å². The fourth-order valence-electron chi connectivity index (χ4n) is 6.16. The lowest BCUT2D eigenvalue weighted by atomic mass is 9.50. The molecule has 0 amide bonds. The standard InChI is InChI=1S/C32H31ClO9/c1-16(2)27(34)40-18(5)14-38-31-21-9-7-8-10-22(21)32(24-13-20(33)11-12-23(24)31,26-25(31)29(36)42-30(26)37)39-15-19(6)41-28(35)17(3)4/h7-13,18-19,25-26H,1,3,14-15H2,2,4-6H3. The van der Waals surface area contributed by atoms with Gasteiger partial charge in [-0.3, -0.25) is 9.59 Å². The normalized spacial score (nSPS) is 26.3. The second-order valence-electron chi connectivity index (χ2n) is 11.0. The zero-order valence-electron chi connectivity index (χ0n) is 23.7. The molecule has 2 aromatic rings. The van der Waals surface area contributed by atoms with E-state index in [1.54, 1.807) is 50.2 Å². The van der Waals surface area contributed by atoms with Gasteiger partial charge in [0.2, 0.25) is 0 Å². The number of benzene rings is 2. The Bertz CT molecular complexity index is 1530. The molecular formula is C32H31ClO9. The highest BCUT2D eigenvalue weighted by atomic mass is 35.5. The number of carbonyl (C=O) groups is 4.